The maximum absolute atomic E-state index is 11.8. The predicted molar refractivity (Wildman–Crippen MR) is 57.9 cm³/mol. The zero-order chi connectivity index (χ0) is 12.9. The van der Waals surface area contributed by atoms with E-state index in [-0.39, 0.29) is 18.9 Å². The number of hydrogen-bond acceptors (Lipinski definition) is 3. The summed E-state index contributed by atoms with van der Waals surface area (Å²) in [5.41, 5.74) is -0.692. The highest BCUT2D eigenvalue weighted by molar-refractivity contribution is 5.76. The van der Waals surface area contributed by atoms with E-state index in [4.69, 9.17) is 0 Å². The lowest BCUT2D eigenvalue weighted by Crippen LogP contribution is -2.45. The maximum Gasteiger partial charge on any atom is 0.261 e. The highest BCUT2D eigenvalue weighted by atomic mass is 19.3. The quantitative estimate of drug-likeness (QED) is 0.742. The highest BCUT2D eigenvalue weighted by Crippen LogP contribution is 2.21. The first-order valence-electron chi connectivity index (χ1n) is 5.77. The highest BCUT2D eigenvalue weighted by Gasteiger charge is 2.29. The fourth-order valence-electron chi connectivity index (χ4n) is 1.73. The van der Waals surface area contributed by atoms with Crippen molar-refractivity contribution in [2.75, 3.05) is 26.3 Å². The van der Waals surface area contributed by atoms with Gasteiger partial charge in [-0.25, -0.2) is 8.78 Å². The minimum absolute atomic E-state index is 0.0239. The van der Waals surface area contributed by atoms with Crippen molar-refractivity contribution >= 4 is 5.91 Å². The topological polar surface area (TPSA) is 49.8 Å². The Labute approximate surface area is 99.5 Å². The molecule has 0 aromatic rings. The molecule has 100 valence electrons. The molecule has 0 radical (unpaired) electrons. The third kappa shape index (κ3) is 5.41. The second-order valence-electron chi connectivity index (χ2n) is 4.59. The van der Waals surface area contributed by atoms with Crippen molar-refractivity contribution in [3.63, 3.8) is 0 Å². The van der Waals surface area contributed by atoms with Gasteiger partial charge in [0.1, 0.15) is 6.61 Å². The first-order valence-corrected chi connectivity index (χ1v) is 5.77. The monoisotopic (exact) mass is 251 g/mol. The number of carbonyl (C=O) groups is 1. The number of alkyl halides is 2. The first-order chi connectivity index (χ1) is 7.91. The van der Waals surface area contributed by atoms with Crippen LogP contribution in [0.15, 0.2) is 0 Å². The van der Waals surface area contributed by atoms with Crippen molar-refractivity contribution in [3.8, 4) is 0 Å². The molecule has 1 rings (SSSR count). The molecule has 6 heteroatoms. The summed E-state index contributed by atoms with van der Waals surface area (Å²) in [6, 6.07) is 0. The summed E-state index contributed by atoms with van der Waals surface area (Å²) in [5, 5.41) is 9.70. The van der Waals surface area contributed by atoms with Crippen LogP contribution in [0.25, 0.3) is 0 Å². The Bertz CT molecular complexity index is 249. The Morgan fingerprint density at radius 2 is 2.06 bits per heavy atom. The van der Waals surface area contributed by atoms with Crippen LogP contribution in [-0.4, -0.2) is 54.2 Å². The van der Waals surface area contributed by atoms with E-state index in [0.717, 1.165) is 0 Å². The summed E-state index contributed by atoms with van der Waals surface area (Å²) >= 11 is 0. The van der Waals surface area contributed by atoms with Crippen molar-refractivity contribution < 1.29 is 23.4 Å². The molecule has 4 nitrogen and oxygen atoms in total. The largest absolute Gasteiger partial charge is 0.390 e. The number of halogens is 2. The van der Waals surface area contributed by atoms with Crippen LogP contribution in [0.3, 0.4) is 0 Å². The number of ether oxygens (including phenoxy) is 1. The van der Waals surface area contributed by atoms with Crippen molar-refractivity contribution in [3.05, 3.63) is 0 Å². The average Bonchev–Trinajstić information content (AvgIpc) is 2.23. The molecule has 1 amide bonds. The molecular formula is C11H19F2NO3. The standard InChI is InChI=1S/C11H19F2NO3/c1-11(16)3-5-14(6-4-11)10(15)2-7-17-8-9(12)13/h9,16H,2-8H2,1H3. The first kappa shape index (κ1) is 14.3. The summed E-state index contributed by atoms with van der Waals surface area (Å²) in [5.74, 6) is -0.102. The normalized spacial score (nSPS) is 19.7. The van der Waals surface area contributed by atoms with E-state index in [1.165, 1.54) is 0 Å². The van der Waals surface area contributed by atoms with Gasteiger partial charge in [-0.15, -0.1) is 0 Å². The predicted octanol–water partition coefficient (Wildman–Crippen LogP) is 1.03. The molecule has 0 aliphatic carbocycles. The van der Waals surface area contributed by atoms with Crippen LogP contribution < -0.4 is 0 Å². The van der Waals surface area contributed by atoms with Gasteiger partial charge in [0, 0.05) is 13.1 Å². The number of piperidine rings is 1. The Hall–Kier alpha value is -0.750. The third-order valence-electron chi connectivity index (χ3n) is 2.90. The summed E-state index contributed by atoms with van der Waals surface area (Å²) in [6.45, 7) is 2.18. The molecule has 0 bridgehead atoms. The maximum atomic E-state index is 11.8. The van der Waals surface area contributed by atoms with Crippen LogP contribution in [0, 0.1) is 0 Å². The van der Waals surface area contributed by atoms with E-state index in [1.807, 2.05) is 0 Å². The fraction of sp³-hybridized carbons (Fsp3) is 0.909. The summed E-state index contributed by atoms with van der Waals surface area (Å²) in [6.07, 6.45) is -1.27. The minimum atomic E-state index is -2.49. The number of hydrogen-bond donors (Lipinski definition) is 1. The molecule has 0 aromatic carbocycles. The van der Waals surface area contributed by atoms with Gasteiger partial charge in [0.25, 0.3) is 6.43 Å². The lowest BCUT2D eigenvalue weighted by molar-refractivity contribution is -0.136. The Balaban J connectivity index is 2.16. The molecule has 1 N–H and O–H groups in total. The summed E-state index contributed by atoms with van der Waals surface area (Å²) in [4.78, 5) is 13.3. The molecule has 1 fully saturated rings. The number of amides is 1. The van der Waals surface area contributed by atoms with Crippen LogP contribution in [0.1, 0.15) is 26.2 Å². The lowest BCUT2D eigenvalue weighted by atomic mass is 9.94. The van der Waals surface area contributed by atoms with Crippen molar-refractivity contribution in [2.45, 2.75) is 38.2 Å². The SMILES string of the molecule is CC1(O)CCN(C(=O)CCOCC(F)F)CC1. The zero-order valence-electron chi connectivity index (χ0n) is 9.99. The van der Waals surface area contributed by atoms with Gasteiger partial charge in [0.2, 0.25) is 5.91 Å². The number of carbonyl (C=O) groups excluding carboxylic acids is 1. The molecule has 1 aliphatic rings. The molecule has 1 saturated heterocycles. The van der Waals surface area contributed by atoms with E-state index < -0.39 is 18.6 Å². The molecular weight excluding hydrogens is 232 g/mol. The van der Waals surface area contributed by atoms with E-state index in [2.05, 4.69) is 4.74 Å². The van der Waals surface area contributed by atoms with Gasteiger partial charge in [-0.05, 0) is 19.8 Å². The summed E-state index contributed by atoms with van der Waals surface area (Å²) < 4.78 is 28.2. The molecule has 0 saturated carbocycles. The molecule has 0 atom stereocenters. The van der Waals surface area contributed by atoms with Crippen LogP contribution >= 0.6 is 0 Å². The van der Waals surface area contributed by atoms with Crippen molar-refractivity contribution in [2.24, 2.45) is 0 Å². The average molecular weight is 251 g/mol. The molecule has 0 spiro atoms. The van der Waals surface area contributed by atoms with E-state index >= 15 is 0 Å². The molecule has 1 heterocycles. The molecule has 1 aliphatic heterocycles. The fourth-order valence-corrected chi connectivity index (χ4v) is 1.73. The van der Waals surface area contributed by atoms with Crippen molar-refractivity contribution in [1.82, 2.24) is 4.90 Å². The number of aliphatic hydroxyl groups is 1. The molecule has 0 aromatic heterocycles. The van der Waals surface area contributed by atoms with Gasteiger partial charge in [0.05, 0.1) is 18.6 Å². The van der Waals surface area contributed by atoms with Crippen molar-refractivity contribution in [1.29, 1.82) is 0 Å². The summed E-state index contributed by atoms with van der Waals surface area (Å²) in [7, 11) is 0. The van der Waals surface area contributed by atoms with E-state index in [9.17, 15) is 18.7 Å². The van der Waals surface area contributed by atoms with Crippen LogP contribution in [0.2, 0.25) is 0 Å². The van der Waals surface area contributed by atoms with E-state index in [1.54, 1.807) is 11.8 Å². The van der Waals surface area contributed by atoms with Gasteiger partial charge in [0.15, 0.2) is 0 Å². The van der Waals surface area contributed by atoms with Gasteiger partial charge >= 0.3 is 0 Å². The van der Waals surface area contributed by atoms with Gasteiger partial charge in [-0.2, -0.15) is 0 Å². The number of likely N-dealkylation sites (tertiary alicyclic amines) is 1. The Morgan fingerprint density at radius 1 is 1.47 bits per heavy atom. The lowest BCUT2D eigenvalue weighted by Gasteiger charge is -2.35. The Kier molecular flexibility index (Phi) is 5.27. The minimum Gasteiger partial charge on any atom is -0.390 e. The van der Waals surface area contributed by atoms with Crippen LogP contribution in [0.5, 0.6) is 0 Å². The van der Waals surface area contributed by atoms with Crippen LogP contribution in [0.4, 0.5) is 8.78 Å². The third-order valence-corrected chi connectivity index (χ3v) is 2.90. The number of rotatable bonds is 5. The second-order valence-corrected chi connectivity index (χ2v) is 4.59. The van der Waals surface area contributed by atoms with Gasteiger partial charge < -0.3 is 14.7 Å². The molecule has 0 unspecified atom stereocenters. The van der Waals surface area contributed by atoms with E-state index in [0.29, 0.717) is 25.9 Å². The Morgan fingerprint density at radius 3 is 2.59 bits per heavy atom. The number of nitrogens with zero attached hydrogens (tertiary/aromatic N) is 1. The van der Waals surface area contributed by atoms with Gasteiger partial charge in [-0.1, -0.05) is 0 Å². The smallest absolute Gasteiger partial charge is 0.261 e. The molecule has 17 heavy (non-hydrogen) atoms. The zero-order valence-corrected chi connectivity index (χ0v) is 9.99. The van der Waals surface area contributed by atoms with Crippen LogP contribution in [-0.2, 0) is 9.53 Å². The van der Waals surface area contributed by atoms with Gasteiger partial charge in [-0.3, -0.25) is 4.79 Å². The second kappa shape index (κ2) is 6.26.